The Balaban J connectivity index is 2.23. The van der Waals surface area contributed by atoms with E-state index in [2.05, 4.69) is 9.97 Å². The fraction of sp³-hybridized carbons (Fsp3) is 0.125. The Morgan fingerprint density at radius 3 is 2.25 bits per heavy atom. The third-order valence-electron chi connectivity index (χ3n) is 3.66. The second kappa shape index (κ2) is 6.62. The number of rotatable bonds is 3. The van der Waals surface area contributed by atoms with Gasteiger partial charge in [0.15, 0.2) is 5.76 Å². The van der Waals surface area contributed by atoms with Crippen LogP contribution in [-0.2, 0) is 12.4 Å². The van der Waals surface area contributed by atoms with Crippen molar-refractivity contribution in [3.05, 3.63) is 64.1 Å². The summed E-state index contributed by atoms with van der Waals surface area (Å²) in [5, 5.41) is 10.7. The molecule has 2 aromatic heterocycles. The van der Waals surface area contributed by atoms with Crippen molar-refractivity contribution in [2.24, 2.45) is 0 Å². The van der Waals surface area contributed by atoms with Crippen LogP contribution in [0.2, 0.25) is 0 Å². The van der Waals surface area contributed by atoms with Crippen molar-refractivity contribution >= 4 is 5.88 Å². The first kappa shape index (κ1) is 19.3. The summed E-state index contributed by atoms with van der Waals surface area (Å²) in [5.41, 5.74) is -4.20. The molecule has 0 amide bonds. The summed E-state index contributed by atoms with van der Waals surface area (Å²) in [7, 11) is 0. The number of alkyl halides is 6. The van der Waals surface area contributed by atoms with Crippen LogP contribution in [0.4, 0.5) is 32.2 Å². The molecule has 0 aliphatic carbocycles. The minimum Gasteiger partial charge on any atom is -0.399 e. The van der Waals surface area contributed by atoms with Gasteiger partial charge < -0.3 is 4.42 Å². The second-order valence-corrected chi connectivity index (χ2v) is 5.44. The lowest BCUT2D eigenvalue weighted by atomic mass is 9.96. The van der Waals surface area contributed by atoms with E-state index in [1.807, 2.05) is 0 Å². The smallest absolute Gasteiger partial charge is 0.399 e. The van der Waals surface area contributed by atoms with Crippen LogP contribution in [0.3, 0.4) is 0 Å². The highest BCUT2D eigenvalue weighted by Crippen LogP contribution is 2.43. The normalized spacial score (nSPS) is 12.2. The van der Waals surface area contributed by atoms with Crippen LogP contribution in [0.25, 0.3) is 22.6 Å². The summed E-state index contributed by atoms with van der Waals surface area (Å²) in [4.78, 5) is 17.3. The van der Waals surface area contributed by atoms with E-state index in [9.17, 15) is 36.5 Å². The van der Waals surface area contributed by atoms with Crippen molar-refractivity contribution in [3.63, 3.8) is 0 Å². The summed E-state index contributed by atoms with van der Waals surface area (Å²) in [6.07, 6.45) is -8.17. The van der Waals surface area contributed by atoms with E-state index < -0.39 is 39.9 Å². The molecule has 6 nitrogen and oxygen atoms in total. The first-order chi connectivity index (χ1) is 13.0. The van der Waals surface area contributed by atoms with E-state index >= 15 is 0 Å². The SMILES string of the molecule is O=[N+]([O-])c1ccc(-c2ncncc2-c2ccc(C(F)(F)F)cc2C(F)(F)F)o1. The van der Waals surface area contributed by atoms with Crippen LogP contribution in [0.15, 0.2) is 47.3 Å². The topological polar surface area (TPSA) is 82.1 Å². The monoisotopic (exact) mass is 403 g/mol. The number of aromatic nitrogens is 2. The predicted molar refractivity (Wildman–Crippen MR) is 81.8 cm³/mol. The minimum absolute atomic E-state index is 0.0172. The third-order valence-corrected chi connectivity index (χ3v) is 3.66. The Labute approximate surface area is 151 Å². The van der Waals surface area contributed by atoms with Crippen LogP contribution in [-0.4, -0.2) is 14.9 Å². The van der Waals surface area contributed by atoms with Gasteiger partial charge in [-0.25, -0.2) is 9.97 Å². The van der Waals surface area contributed by atoms with Crippen LogP contribution >= 0.6 is 0 Å². The maximum atomic E-state index is 13.4. The summed E-state index contributed by atoms with van der Waals surface area (Å²) in [6.45, 7) is 0. The summed E-state index contributed by atoms with van der Waals surface area (Å²) < 4.78 is 83.7. The molecule has 0 radical (unpaired) electrons. The molecule has 2 heterocycles. The van der Waals surface area contributed by atoms with Gasteiger partial charge in [0.2, 0.25) is 0 Å². The molecule has 28 heavy (non-hydrogen) atoms. The predicted octanol–water partition coefficient (Wildman–Crippen LogP) is 5.35. The molecular formula is C16H7F6N3O3. The highest BCUT2D eigenvalue weighted by molar-refractivity contribution is 5.80. The second-order valence-electron chi connectivity index (χ2n) is 5.44. The minimum atomic E-state index is -5.11. The average molecular weight is 403 g/mol. The molecule has 0 aliphatic rings. The van der Waals surface area contributed by atoms with Gasteiger partial charge in [-0.2, -0.15) is 26.3 Å². The van der Waals surface area contributed by atoms with Gasteiger partial charge in [-0.15, -0.1) is 0 Å². The maximum Gasteiger partial charge on any atom is 0.433 e. The molecule has 1 aromatic carbocycles. The third kappa shape index (κ3) is 3.66. The number of halogens is 6. The number of benzene rings is 1. The van der Waals surface area contributed by atoms with Gasteiger partial charge in [-0.3, -0.25) is 10.1 Å². The van der Waals surface area contributed by atoms with E-state index in [-0.39, 0.29) is 23.1 Å². The lowest BCUT2D eigenvalue weighted by Crippen LogP contribution is -2.12. The van der Waals surface area contributed by atoms with E-state index in [0.29, 0.717) is 12.1 Å². The number of hydrogen-bond donors (Lipinski definition) is 0. The van der Waals surface area contributed by atoms with Crippen LogP contribution in [0.5, 0.6) is 0 Å². The van der Waals surface area contributed by atoms with Gasteiger partial charge >= 0.3 is 18.2 Å². The zero-order chi connectivity index (χ0) is 20.7. The summed E-state index contributed by atoms with van der Waals surface area (Å²) in [5.74, 6) is -0.917. The lowest BCUT2D eigenvalue weighted by molar-refractivity contribution is -0.401. The Hall–Kier alpha value is -3.44. The Bertz CT molecular complexity index is 1040. The lowest BCUT2D eigenvalue weighted by Gasteiger charge is -2.17. The van der Waals surface area contributed by atoms with E-state index in [4.69, 9.17) is 4.42 Å². The zero-order valence-corrected chi connectivity index (χ0v) is 13.4. The van der Waals surface area contributed by atoms with Crippen LogP contribution in [0.1, 0.15) is 11.1 Å². The maximum absolute atomic E-state index is 13.4. The number of nitro groups is 1. The van der Waals surface area contributed by atoms with Gasteiger partial charge in [-0.05, 0) is 23.8 Å². The van der Waals surface area contributed by atoms with Crippen molar-refractivity contribution in [2.75, 3.05) is 0 Å². The average Bonchev–Trinajstić information content (AvgIpc) is 3.10. The van der Waals surface area contributed by atoms with Crippen molar-refractivity contribution in [1.29, 1.82) is 0 Å². The summed E-state index contributed by atoms with van der Waals surface area (Å²) in [6, 6.07) is 3.20. The molecule has 3 rings (SSSR count). The fourth-order valence-corrected chi connectivity index (χ4v) is 2.47. The van der Waals surface area contributed by atoms with Crippen LogP contribution in [0, 0.1) is 10.1 Å². The first-order valence-electron chi connectivity index (χ1n) is 7.32. The van der Waals surface area contributed by atoms with Crippen molar-refractivity contribution in [2.45, 2.75) is 12.4 Å². The van der Waals surface area contributed by atoms with Gasteiger partial charge in [0.25, 0.3) is 0 Å². The van der Waals surface area contributed by atoms with E-state index in [1.54, 1.807) is 0 Å². The molecule has 12 heteroatoms. The summed E-state index contributed by atoms with van der Waals surface area (Å²) >= 11 is 0. The van der Waals surface area contributed by atoms with E-state index in [1.165, 1.54) is 0 Å². The molecule has 0 saturated carbocycles. The van der Waals surface area contributed by atoms with Crippen molar-refractivity contribution < 1.29 is 35.7 Å². The van der Waals surface area contributed by atoms with Gasteiger partial charge in [0.1, 0.15) is 16.9 Å². The molecule has 0 spiro atoms. The molecule has 3 aromatic rings. The Morgan fingerprint density at radius 2 is 1.68 bits per heavy atom. The molecular weight excluding hydrogens is 396 g/mol. The standard InChI is InChI=1S/C16H7F6N3O3/c17-15(18,19)8-1-2-9(11(5-8)16(20,21)22)10-6-23-7-24-14(10)12-3-4-13(28-12)25(26)27/h1-7H. The molecule has 0 saturated heterocycles. The zero-order valence-electron chi connectivity index (χ0n) is 13.4. The van der Waals surface area contributed by atoms with Crippen molar-refractivity contribution in [3.8, 4) is 22.6 Å². The molecule has 146 valence electrons. The highest BCUT2D eigenvalue weighted by atomic mass is 19.4. The van der Waals surface area contributed by atoms with Gasteiger partial charge in [0, 0.05) is 11.8 Å². The Morgan fingerprint density at radius 1 is 0.964 bits per heavy atom. The molecule has 0 aliphatic heterocycles. The van der Waals surface area contributed by atoms with Crippen molar-refractivity contribution in [1.82, 2.24) is 9.97 Å². The fourth-order valence-electron chi connectivity index (χ4n) is 2.47. The molecule has 0 N–H and O–H groups in total. The highest BCUT2D eigenvalue weighted by Gasteiger charge is 2.39. The molecule has 0 unspecified atom stereocenters. The van der Waals surface area contributed by atoms with Gasteiger partial charge in [0.05, 0.1) is 17.2 Å². The van der Waals surface area contributed by atoms with Gasteiger partial charge in [-0.1, -0.05) is 6.07 Å². The first-order valence-corrected chi connectivity index (χ1v) is 7.32. The largest absolute Gasteiger partial charge is 0.433 e. The molecule has 0 fully saturated rings. The Kier molecular flexibility index (Phi) is 4.57. The molecule has 0 atom stereocenters. The number of furan rings is 1. The van der Waals surface area contributed by atoms with Crippen LogP contribution < -0.4 is 0 Å². The van der Waals surface area contributed by atoms with E-state index in [0.717, 1.165) is 24.7 Å². The molecule has 0 bridgehead atoms. The number of nitrogens with zero attached hydrogens (tertiary/aromatic N) is 3. The quantitative estimate of drug-likeness (QED) is 0.335. The number of hydrogen-bond acceptors (Lipinski definition) is 5.